The molecule has 1 aliphatic carbocycles. The lowest BCUT2D eigenvalue weighted by Crippen LogP contribution is -2.41. The molecule has 0 saturated carbocycles. The van der Waals surface area contributed by atoms with Crippen molar-refractivity contribution in [1.82, 2.24) is 16.1 Å². The molecule has 0 aromatic carbocycles. The number of ketones is 2. The van der Waals surface area contributed by atoms with Crippen LogP contribution in [0.5, 0.6) is 0 Å². The van der Waals surface area contributed by atoms with Gasteiger partial charge in [0.25, 0.3) is 5.91 Å². The van der Waals surface area contributed by atoms with E-state index in [4.69, 9.17) is 19.0 Å². The molecule has 45 heavy (non-hydrogen) atoms. The molecule has 0 radical (unpaired) electrons. The number of fused-ring (bicyclic) bond motifs is 2. The Bertz CT molecular complexity index is 1270. The summed E-state index contributed by atoms with van der Waals surface area (Å²) >= 11 is 0. The van der Waals surface area contributed by atoms with Crippen LogP contribution in [0.1, 0.15) is 47.5 Å². The van der Waals surface area contributed by atoms with Crippen LogP contribution in [0.4, 0.5) is 0 Å². The summed E-state index contributed by atoms with van der Waals surface area (Å²) in [6.45, 7) is 8.89. The molecular formula is C32H45N3O10. The van der Waals surface area contributed by atoms with Gasteiger partial charge in [0.2, 0.25) is 17.5 Å². The number of carbonyl (C=O) groups excluding carboxylic acids is 5. The zero-order chi connectivity index (χ0) is 33.7. The maximum absolute atomic E-state index is 13.7. The summed E-state index contributed by atoms with van der Waals surface area (Å²) < 4.78 is 16.4. The average Bonchev–Trinajstić information content (AvgIpc) is 3.00. The number of nitrogens with one attached hydrogen (secondary N) is 3. The fourth-order valence-corrected chi connectivity index (χ4v) is 5.10. The second-order valence-corrected chi connectivity index (χ2v) is 11.1. The molecule has 0 saturated heterocycles. The standard InChI is InChI=1S/C32H45N3O10/c1-8-44-16-27(38)34-29-22-12-18(2)13-26(43-7)30(39)21(5)14-20(4)28(35-45-17-36)25(42-6)11-9-10-19(3)32(41)33-23(31(22)40)15-24(29)37/h9-11,14-15,17-18,21,25-26,28,30,35,39H,8,12-13,16H2,1-7H3,(H,33,41)(H,34,38)/b11-9-,19-10+,20-14+/t18-,21+,25+,26+,28+,30-/m1/s1. The molecule has 13 heteroatoms. The van der Waals surface area contributed by atoms with Gasteiger partial charge in [0.1, 0.15) is 6.61 Å². The van der Waals surface area contributed by atoms with Crippen LogP contribution in [0.2, 0.25) is 0 Å². The number of hydrogen-bond donors (Lipinski definition) is 4. The van der Waals surface area contributed by atoms with E-state index in [-0.39, 0.29) is 61.0 Å². The maximum Gasteiger partial charge on any atom is 0.312 e. The first-order valence-electron chi connectivity index (χ1n) is 14.7. The van der Waals surface area contributed by atoms with Crippen LogP contribution < -0.4 is 16.1 Å². The lowest BCUT2D eigenvalue weighted by atomic mass is 9.85. The Labute approximate surface area is 263 Å². The Balaban J connectivity index is 2.61. The number of ether oxygens (including phenoxy) is 3. The number of methoxy groups -OCH3 is 2. The Morgan fingerprint density at radius 1 is 1.16 bits per heavy atom. The molecule has 13 nitrogen and oxygen atoms in total. The number of rotatable bonds is 9. The van der Waals surface area contributed by atoms with Gasteiger partial charge in [-0.2, -0.15) is 0 Å². The Morgan fingerprint density at radius 3 is 2.49 bits per heavy atom. The highest BCUT2D eigenvalue weighted by atomic mass is 16.7. The average molecular weight is 632 g/mol. The van der Waals surface area contributed by atoms with E-state index in [1.807, 2.05) is 13.0 Å². The lowest BCUT2D eigenvalue weighted by molar-refractivity contribution is -0.138. The van der Waals surface area contributed by atoms with Crippen molar-refractivity contribution in [3.63, 3.8) is 0 Å². The minimum Gasteiger partial charge on any atom is -0.390 e. The number of amides is 2. The summed E-state index contributed by atoms with van der Waals surface area (Å²) in [6.07, 6.45) is 5.50. The topological polar surface area (TPSA) is 179 Å². The number of carbonyl (C=O) groups is 5. The molecule has 0 fully saturated rings. The second kappa shape index (κ2) is 18.3. The fraction of sp³-hybridized carbons (Fsp3) is 0.531. The van der Waals surface area contributed by atoms with Crippen molar-refractivity contribution in [1.29, 1.82) is 0 Å². The van der Waals surface area contributed by atoms with Gasteiger partial charge in [-0.3, -0.25) is 24.0 Å². The van der Waals surface area contributed by atoms with Gasteiger partial charge in [0.15, 0.2) is 0 Å². The molecule has 4 N–H and O–H groups in total. The molecule has 0 unspecified atom stereocenters. The minimum atomic E-state index is -0.984. The van der Waals surface area contributed by atoms with E-state index in [9.17, 15) is 29.1 Å². The van der Waals surface area contributed by atoms with Crippen LogP contribution in [-0.4, -0.2) is 86.7 Å². The van der Waals surface area contributed by atoms with Crippen LogP contribution in [0.25, 0.3) is 0 Å². The Morgan fingerprint density at radius 2 is 1.87 bits per heavy atom. The Hall–Kier alpha value is -3.75. The molecule has 2 rings (SSSR count). The van der Waals surface area contributed by atoms with Gasteiger partial charge in [0.05, 0.1) is 35.7 Å². The van der Waals surface area contributed by atoms with Crippen molar-refractivity contribution in [2.24, 2.45) is 11.8 Å². The van der Waals surface area contributed by atoms with E-state index in [0.29, 0.717) is 5.57 Å². The number of hydrogen-bond acceptors (Lipinski definition) is 11. The van der Waals surface area contributed by atoms with Gasteiger partial charge in [-0.25, -0.2) is 0 Å². The van der Waals surface area contributed by atoms with E-state index in [0.717, 1.165) is 6.08 Å². The zero-order valence-electron chi connectivity index (χ0n) is 26.9. The largest absolute Gasteiger partial charge is 0.390 e. The third-order valence-electron chi connectivity index (χ3n) is 7.57. The van der Waals surface area contributed by atoms with Crippen LogP contribution in [0.15, 0.2) is 58.5 Å². The first-order chi connectivity index (χ1) is 21.4. The summed E-state index contributed by atoms with van der Waals surface area (Å²) in [7, 11) is 2.93. The van der Waals surface area contributed by atoms with E-state index in [1.165, 1.54) is 27.2 Å². The van der Waals surface area contributed by atoms with Crippen molar-refractivity contribution in [2.45, 2.75) is 71.8 Å². The van der Waals surface area contributed by atoms with Gasteiger partial charge in [-0.15, -0.1) is 5.48 Å². The minimum absolute atomic E-state index is 0.0229. The third-order valence-corrected chi connectivity index (χ3v) is 7.57. The SMILES string of the molecule is CCOCC(=O)NC1=C2C[C@@H](C)C[C@H](OC)[C@H](O)[C@@H](C)/C=C(\C)[C@H](NOC=O)[C@@H](OC)/C=C\C=C(/C)C(=O)NC(=CC1=O)C2=O. The van der Waals surface area contributed by atoms with E-state index in [2.05, 4.69) is 16.1 Å². The number of aliphatic hydroxyl groups is 1. The predicted octanol–water partition coefficient (Wildman–Crippen LogP) is 1.50. The van der Waals surface area contributed by atoms with E-state index >= 15 is 0 Å². The summed E-state index contributed by atoms with van der Waals surface area (Å²) in [5.41, 5.74) is 3.18. The van der Waals surface area contributed by atoms with Crippen LogP contribution in [0.3, 0.4) is 0 Å². The summed E-state index contributed by atoms with van der Waals surface area (Å²) in [5.74, 6) is -3.24. The molecule has 2 amide bonds. The molecule has 0 aromatic rings. The third kappa shape index (κ3) is 10.7. The maximum atomic E-state index is 13.7. The van der Waals surface area contributed by atoms with Gasteiger partial charge in [0, 0.05) is 44.0 Å². The van der Waals surface area contributed by atoms with Crippen LogP contribution in [-0.2, 0) is 43.0 Å². The van der Waals surface area contributed by atoms with E-state index < -0.39 is 53.7 Å². The van der Waals surface area contributed by atoms with Crippen molar-refractivity contribution >= 4 is 29.9 Å². The van der Waals surface area contributed by atoms with Crippen molar-refractivity contribution in [2.75, 3.05) is 27.4 Å². The van der Waals surface area contributed by atoms with Crippen LogP contribution >= 0.6 is 0 Å². The van der Waals surface area contributed by atoms with Crippen molar-refractivity contribution < 1.29 is 48.1 Å². The van der Waals surface area contributed by atoms with E-state index in [1.54, 1.807) is 32.9 Å². The van der Waals surface area contributed by atoms with Gasteiger partial charge < -0.3 is 34.8 Å². The molecule has 2 aliphatic rings. The summed E-state index contributed by atoms with van der Waals surface area (Å²) in [6, 6.07) is -0.646. The number of hydroxylamine groups is 1. The molecular weight excluding hydrogens is 586 g/mol. The van der Waals surface area contributed by atoms with Gasteiger partial charge in [-0.1, -0.05) is 43.7 Å². The molecule has 6 atom stereocenters. The highest BCUT2D eigenvalue weighted by Gasteiger charge is 2.34. The summed E-state index contributed by atoms with van der Waals surface area (Å²) in [4.78, 5) is 68.2. The molecule has 1 heterocycles. The van der Waals surface area contributed by atoms with Crippen molar-refractivity contribution in [3.05, 3.63) is 58.5 Å². The second-order valence-electron chi connectivity index (χ2n) is 11.1. The lowest BCUT2D eigenvalue weighted by Gasteiger charge is -2.30. The Kier molecular flexibility index (Phi) is 15.2. The highest BCUT2D eigenvalue weighted by molar-refractivity contribution is 6.24. The van der Waals surface area contributed by atoms with Crippen molar-refractivity contribution in [3.8, 4) is 0 Å². The smallest absolute Gasteiger partial charge is 0.312 e. The predicted molar refractivity (Wildman–Crippen MR) is 164 cm³/mol. The molecule has 1 aliphatic heterocycles. The van der Waals surface area contributed by atoms with Crippen LogP contribution in [0, 0.1) is 11.8 Å². The monoisotopic (exact) mass is 631 g/mol. The first-order valence-corrected chi connectivity index (χ1v) is 14.7. The first kappa shape index (κ1) is 37.4. The highest BCUT2D eigenvalue weighted by Crippen LogP contribution is 2.28. The molecule has 0 aromatic heterocycles. The van der Waals surface area contributed by atoms with Gasteiger partial charge >= 0.3 is 6.47 Å². The fourth-order valence-electron chi connectivity index (χ4n) is 5.10. The molecule has 2 bridgehead atoms. The van der Waals surface area contributed by atoms with Gasteiger partial charge in [-0.05, 0) is 39.5 Å². The molecule has 248 valence electrons. The molecule has 0 spiro atoms. The number of allylic oxidation sites excluding steroid dienone is 4. The number of Topliss-reactive ketones (excluding diaryl/α,β-unsaturated/α-hetero) is 1. The zero-order valence-corrected chi connectivity index (χ0v) is 26.9. The normalized spacial score (nSPS) is 30.3. The summed E-state index contributed by atoms with van der Waals surface area (Å²) in [5, 5.41) is 16.3. The quantitative estimate of drug-likeness (QED) is 0.125. The number of aliphatic hydroxyl groups excluding tert-OH is 1.